The smallest absolute Gasteiger partial charge is 0.149 e. The molecule has 0 fully saturated rings. The largest absolute Gasteiger partial charge is 0.325 e. The van der Waals surface area contributed by atoms with Gasteiger partial charge in [-0.2, -0.15) is 0 Å². The van der Waals surface area contributed by atoms with Crippen molar-refractivity contribution in [1.29, 1.82) is 0 Å². The van der Waals surface area contributed by atoms with E-state index in [1.807, 2.05) is 37.4 Å². The zero-order valence-electron chi connectivity index (χ0n) is 10.4. The maximum atomic E-state index is 13.8. The number of para-hydroxylation sites is 1. The molecule has 1 aromatic heterocycles. The first-order chi connectivity index (χ1) is 9.20. The van der Waals surface area contributed by atoms with Gasteiger partial charge in [-0.05, 0) is 17.7 Å². The first kappa shape index (κ1) is 12.2. The molecule has 0 saturated heterocycles. The third-order valence-electron chi connectivity index (χ3n) is 3.21. The molecule has 3 rings (SSSR count). The van der Waals surface area contributed by atoms with Gasteiger partial charge in [0.15, 0.2) is 0 Å². The first-order valence-electron chi connectivity index (χ1n) is 5.97. The van der Waals surface area contributed by atoms with Crippen LogP contribution in [0.15, 0.2) is 42.5 Å². The molecule has 0 unspecified atom stereocenters. The minimum Gasteiger partial charge on any atom is -0.325 e. The average Bonchev–Trinajstić information content (AvgIpc) is 2.78. The molecule has 19 heavy (non-hydrogen) atoms. The molecule has 2 nitrogen and oxygen atoms in total. The topological polar surface area (TPSA) is 17.8 Å². The van der Waals surface area contributed by atoms with Crippen LogP contribution in [0.25, 0.3) is 22.4 Å². The van der Waals surface area contributed by atoms with Crippen molar-refractivity contribution in [3.8, 4) is 11.4 Å². The minimum atomic E-state index is -0.254. The van der Waals surface area contributed by atoms with Gasteiger partial charge < -0.3 is 4.57 Å². The standard InChI is InChI=1S/C15H12ClFN2/c1-19-14-12(17)3-2-4-13(14)18-15(19)11-7-5-10(9-16)6-8-11/h2-8H,9H2,1H3. The number of halogens is 2. The summed E-state index contributed by atoms with van der Waals surface area (Å²) in [6.07, 6.45) is 0. The van der Waals surface area contributed by atoms with Crippen LogP contribution in [-0.4, -0.2) is 9.55 Å². The average molecular weight is 275 g/mol. The second kappa shape index (κ2) is 4.67. The Kier molecular flexibility index (Phi) is 2.99. The second-order valence-corrected chi connectivity index (χ2v) is 4.70. The van der Waals surface area contributed by atoms with E-state index >= 15 is 0 Å². The van der Waals surface area contributed by atoms with Crippen LogP contribution in [0.1, 0.15) is 5.56 Å². The van der Waals surface area contributed by atoms with Crippen molar-refractivity contribution in [1.82, 2.24) is 9.55 Å². The third kappa shape index (κ3) is 2.00. The zero-order chi connectivity index (χ0) is 13.4. The molecule has 1 heterocycles. The number of fused-ring (bicyclic) bond motifs is 1. The van der Waals surface area contributed by atoms with Crippen LogP contribution in [0.2, 0.25) is 0 Å². The molecule has 0 aliphatic heterocycles. The number of alkyl halides is 1. The first-order valence-corrected chi connectivity index (χ1v) is 6.50. The highest BCUT2D eigenvalue weighted by atomic mass is 35.5. The quantitative estimate of drug-likeness (QED) is 0.643. The highest BCUT2D eigenvalue weighted by Crippen LogP contribution is 2.25. The lowest BCUT2D eigenvalue weighted by Gasteiger charge is -2.03. The predicted molar refractivity (Wildman–Crippen MR) is 75.7 cm³/mol. The van der Waals surface area contributed by atoms with Crippen LogP contribution >= 0.6 is 11.6 Å². The molecule has 4 heteroatoms. The Morgan fingerprint density at radius 1 is 1.16 bits per heavy atom. The Morgan fingerprint density at radius 2 is 1.89 bits per heavy atom. The van der Waals surface area contributed by atoms with Gasteiger partial charge in [0.1, 0.15) is 17.2 Å². The summed E-state index contributed by atoms with van der Waals surface area (Å²) in [5.41, 5.74) is 3.19. The number of imidazole rings is 1. The third-order valence-corrected chi connectivity index (χ3v) is 3.52. The van der Waals surface area contributed by atoms with Crippen molar-refractivity contribution in [3.63, 3.8) is 0 Å². The highest BCUT2D eigenvalue weighted by molar-refractivity contribution is 6.17. The van der Waals surface area contributed by atoms with E-state index in [9.17, 15) is 4.39 Å². The highest BCUT2D eigenvalue weighted by Gasteiger charge is 2.12. The summed E-state index contributed by atoms with van der Waals surface area (Å²) in [4.78, 5) is 4.49. The van der Waals surface area contributed by atoms with E-state index in [0.717, 1.165) is 17.0 Å². The number of rotatable bonds is 2. The van der Waals surface area contributed by atoms with E-state index in [1.54, 1.807) is 10.6 Å². The Labute approximate surface area is 115 Å². The summed E-state index contributed by atoms with van der Waals surface area (Å²) >= 11 is 5.77. The van der Waals surface area contributed by atoms with Gasteiger partial charge in [-0.15, -0.1) is 11.6 Å². The molecule has 0 radical (unpaired) electrons. The van der Waals surface area contributed by atoms with Crippen molar-refractivity contribution < 1.29 is 4.39 Å². The van der Waals surface area contributed by atoms with Gasteiger partial charge in [0.25, 0.3) is 0 Å². The Bertz CT molecular complexity index is 732. The molecule has 96 valence electrons. The Balaban J connectivity index is 2.19. The Hall–Kier alpha value is -1.87. The molecule has 0 N–H and O–H groups in total. The van der Waals surface area contributed by atoms with E-state index in [-0.39, 0.29) is 5.82 Å². The molecule has 0 saturated carbocycles. The second-order valence-electron chi connectivity index (χ2n) is 4.43. The van der Waals surface area contributed by atoms with E-state index in [4.69, 9.17) is 11.6 Å². The van der Waals surface area contributed by atoms with Crippen molar-refractivity contribution in [2.45, 2.75) is 5.88 Å². The van der Waals surface area contributed by atoms with Gasteiger partial charge in [-0.1, -0.05) is 30.3 Å². The van der Waals surface area contributed by atoms with Gasteiger partial charge in [0.2, 0.25) is 0 Å². The molecule has 0 bridgehead atoms. The number of hydrogen-bond donors (Lipinski definition) is 0. The number of benzene rings is 2. The number of aryl methyl sites for hydroxylation is 1. The summed E-state index contributed by atoms with van der Waals surface area (Å²) in [6.45, 7) is 0. The molecule has 0 atom stereocenters. The van der Waals surface area contributed by atoms with E-state index in [1.165, 1.54) is 6.07 Å². The molecule has 0 amide bonds. The maximum absolute atomic E-state index is 13.8. The number of nitrogens with zero attached hydrogens (tertiary/aromatic N) is 2. The lowest BCUT2D eigenvalue weighted by atomic mass is 10.1. The fourth-order valence-electron chi connectivity index (χ4n) is 2.22. The van der Waals surface area contributed by atoms with Gasteiger partial charge in [0, 0.05) is 18.5 Å². The van der Waals surface area contributed by atoms with Crippen molar-refractivity contribution in [3.05, 3.63) is 53.8 Å². The van der Waals surface area contributed by atoms with Gasteiger partial charge in [-0.25, -0.2) is 9.37 Å². The van der Waals surface area contributed by atoms with Crippen molar-refractivity contribution >= 4 is 22.6 Å². The molecular weight excluding hydrogens is 263 g/mol. The van der Waals surface area contributed by atoms with Crippen LogP contribution < -0.4 is 0 Å². The van der Waals surface area contributed by atoms with Gasteiger partial charge in [-0.3, -0.25) is 0 Å². The van der Waals surface area contributed by atoms with Crippen LogP contribution in [0.4, 0.5) is 4.39 Å². The van der Waals surface area contributed by atoms with Crippen molar-refractivity contribution in [2.75, 3.05) is 0 Å². The SMILES string of the molecule is Cn1c(-c2ccc(CCl)cc2)nc2cccc(F)c21. The molecule has 2 aromatic carbocycles. The maximum Gasteiger partial charge on any atom is 0.149 e. The fourth-order valence-corrected chi connectivity index (χ4v) is 2.40. The Morgan fingerprint density at radius 3 is 2.53 bits per heavy atom. The predicted octanol–water partition coefficient (Wildman–Crippen LogP) is 4.12. The van der Waals surface area contributed by atoms with E-state index in [2.05, 4.69) is 4.98 Å². The molecular formula is C15H12ClFN2. The fraction of sp³-hybridized carbons (Fsp3) is 0.133. The van der Waals surface area contributed by atoms with Crippen LogP contribution in [0, 0.1) is 5.82 Å². The summed E-state index contributed by atoms with van der Waals surface area (Å²) < 4.78 is 15.6. The van der Waals surface area contributed by atoms with Crippen molar-refractivity contribution in [2.24, 2.45) is 7.05 Å². The molecule has 0 aliphatic carbocycles. The van der Waals surface area contributed by atoms with Gasteiger partial charge >= 0.3 is 0 Å². The van der Waals surface area contributed by atoms with Crippen LogP contribution in [0.3, 0.4) is 0 Å². The van der Waals surface area contributed by atoms with Crippen LogP contribution in [0.5, 0.6) is 0 Å². The summed E-state index contributed by atoms with van der Waals surface area (Å²) in [7, 11) is 1.82. The molecule has 3 aromatic rings. The lowest BCUT2D eigenvalue weighted by Crippen LogP contribution is -1.94. The molecule has 0 spiro atoms. The monoisotopic (exact) mass is 274 g/mol. The summed E-state index contributed by atoms with van der Waals surface area (Å²) in [5, 5.41) is 0. The normalized spacial score (nSPS) is 11.1. The van der Waals surface area contributed by atoms with Crippen LogP contribution in [-0.2, 0) is 12.9 Å². The minimum absolute atomic E-state index is 0.254. The van der Waals surface area contributed by atoms with Gasteiger partial charge in [0.05, 0.1) is 5.52 Å². The van der Waals surface area contributed by atoms with E-state index in [0.29, 0.717) is 16.9 Å². The zero-order valence-corrected chi connectivity index (χ0v) is 11.2. The lowest BCUT2D eigenvalue weighted by molar-refractivity contribution is 0.632. The van der Waals surface area contributed by atoms with E-state index < -0.39 is 0 Å². The summed E-state index contributed by atoms with van der Waals surface area (Å²) in [5.74, 6) is 0.981. The number of aromatic nitrogens is 2. The summed E-state index contributed by atoms with van der Waals surface area (Å²) in [6, 6.07) is 12.8. The molecule has 0 aliphatic rings. The number of hydrogen-bond acceptors (Lipinski definition) is 1.